The molecule has 0 amide bonds. The van der Waals surface area contributed by atoms with Crippen LogP contribution in [-0.4, -0.2) is 30.1 Å². The highest BCUT2D eigenvalue weighted by Gasteiger charge is 2.03. The summed E-state index contributed by atoms with van der Waals surface area (Å²) in [6, 6.07) is 0. The molecule has 0 bridgehead atoms. The minimum Gasteiger partial charge on any atom is -0.466 e. The van der Waals surface area contributed by atoms with Crippen LogP contribution in [0.2, 0.25) is 0 Å². The molecule has 12 heavy (non-hydrogen) atoms. The summed E-state index contributed by atoms with van der Waals surface area (Å²) in [5.41, 5.74) is 0. The second-order valence-electron chi connectivity index (χ2n) is 2.48. The molecule has 1 atom stereocenters. The third-order valence-electron chi connectivity index (χ3n) is 1.31. The van der Waals surface area contributed by atoms with Gasteiger partial charge >= 0.3 is 5.97 Å². The highest BCUT2D eigenvalue weighted by Crippen LogP contribution is 1.99. The zero-order valence-corrected chi connectivity index (χ0v) is 7.08. The molecule has 0 aliphatic carbocycles. The Labute approximate surface area is 71.5 Å². The first-order valence-corrected chi connectivity index (χ1v) is 3.83. The van der Waals surface area contributed by atoms with E-state index < -0.39 is 6.10 Å². The van der Waals surface area contributed by atoms with Gasteiger partial charge in [-0.15, -0.1) is 0 Å². The lowest BCUT2D eigenvalue weighted by atomic mass is 10.1. The quantitative estimate of drug-likeness (QED) is 0.460. The number of carbonyl (C=O) groups excluding carboxylic acids is 2. The molecule has 4 nitrogen and oxygen atoms in total. The van der Waals surface area contributed by atoms with Gasteiger partial charge in [0, 0.05) is 13.3 Å². The molecule has 0 aliphatic heterocycles. The lowest BCUT2D eigenvalue weighted by Crippen LogP contribution is -2.09. The predicted molar refractivity (Wildman–Crippen MR) is 42.2 cm³/mol. The SMILES string of the molecule is CC(=O)OCCCC(O)C[C]=O. The maximum Gasteiger partial charge on any atom is 0.302 e. The van der Waals surface area contributed by atoms with Crippen LogP contribution in [0.25, 0.3) is 0 Å². The van der Waals surface area contributed by atoms with Gasteiger partial charge in [-0.3, -0.25) is 9.59 Å². The van der Waals surface area contributed by atoms with Gasteiger partial charge in [0.1, 0.15) is 0 Å². The molecule has 0 spiro atoms. The van der Waals surface area contributed by atoms with Crippen molar-refractivity contribution in [3.63, 3.8) is 0 Å². The molecule has 0 saturated heterocycles. The van der Waals surface area contributed by atoms with E-state index >= 15 is 0 Å². The number of esters is 1. The Hall–Kier alpha value is -0.900. The summed E-state index contributed by atoms with van der Waals surface area (Å²) < 4.78 is 4.62. The van der Waals surface area contributed by atoms with Crippen molar-refractivity contribution in [1.29, 1.82) is 0 Å². The standard InChI is InChI=1S/C8H13O4/c1-7(10)12-6-2-3-8(11)4-5-9/h8,11H,2-4,6H2,1H3. The third-order valence-corrected chi connectivity index (χ3v) is 1.31. The first-order chi connectivity index (χ1) is 5.66. The minimum atomic E-state index is -0.655. The average molecular weight is 173 g/mol. The lowest BCUT2D eigenvalue weighted by molar-refractivity contribution is -0.141. The van der Waals surface area contributed by atoms with Crippen molar-refractivity contribution >= 4 is 12.3 Å². The number of rotatable bonds is 6. The Morgan fingerprint density at radius 2 is 2.33 bits per heavy atom. The summed E-state index contributed by atoms with van der Waals surface area (Å²) in [7, 11) is 0. The van der Waals surface area contributed by atoms with Crippen molar-refractivity contribution in [3.8, 4) is 0 Å². The minimum absolute atomic E-state index is 0.0278. The summed E-state index contributed by atoms with van der Waals surface area (Å²) in [6.45, 7) is 1.63. The van der Waals surface area contributed by atoms with Crippen molar-refractivity contribution in [2.75, 3.05) is 6.61 Å². The Balaban J connectivity index is 3.18. The monoisotopic (exact) mass is 173 g/mol. The van der Waals surface area contributed by atoms with E-state index in [1.54, 1.807) is 6.29 Å². The van der Waals surface area contributed by atoms with E-state index in [-0.39, 0.29) is 12.4 Å². The molecule has 0 rings (SSSR count). The topological polar surface area (TPSA) is 63.6 Å². The van der Waals surface area contributed by atoms with Crippen LogP contribution in [0.5, 0.6) is 0 Å². The fourth-order valence-electron chi connectivity index (χ4n) is 0.733. The van der Waals surface area contributed by atoms with Gasteiger partial charge < -0.3 is 9.84 Å². The van der Waals surface area contributed by atoms with E-state index in [9.17, 15) is 9.59 Å². The van der Waals surface area contributed by atoms with E-state index in [1.807, 2.05) is 0 Å². The fraction of sp³-hybridized carbons (Fsp3) is 0.750. The van der Waals surface area contributed by atoms with Crippen LogP contribution in [0.1, 0.15) is 26.2 Å². The predicted octanol–water partition coefficient (Wildman–Crippen LogP) is 0.190. The number of hydrogen-bond donors (Lipinski definition) is 1. The molecule has 1 unspecified atom stereocenters. The zero-order valence-electron chi connectivity index (χ0n) is 7.08. The summed E-state index contributed by atoms with van der Waals surface area (Å²) in [6.07, 6.45) is 2.02. The van der Waals surface area contributed by atoms with Crippen LogP contribution >= 0.6 is 0 Å². The van der Waals surface area contributed by atoms with Crippen molar-refractivity contribution in [2.24, 2.45) is 0 Å². The third kappa shape index (κ3) is 7.21. The van der Waals surface area contributed by atoms with E-state index in [2.05, 4.69) is 4.74 Å². The van der Waals surface area contributed by atoms with Crippen LogP contribution in [-0.2, 0) is 14.3 Å². The van der Waals surface area contributed by atoms with Crippen molar-refractivity contribution in [1.82, 2.24) is 0 Å². The van der Waals surface area contributed by atoms with E-state index in [1.165, 1.54) is 6.92 Å². The molecule has 69 valence electrons. The van der Waals surface area contributed by atoms with Crippen molar-refractivity contribution < 1.29 is 19.4 Å². The molecule has 1 radical (unpaired) electrons. The van der Waals surface area contributed by atoms with Gasteiger partial charge in [0.15, 0.2) is 0 Å². The van der Waals surface area contributed by atoms with Crippen LogP contribution in [0.4, 0.5) is 0 Å². The molecule has 4 heteroatoms. The summed E-state index contributed by atoms with van der Waals surface area (Å²) in [5, 5.41) is 9.01. The number of hydrogen-bond acceptors (Lipinski definition) is 4. The molecular formula is C8H13O4. The second kappa shape index (κ2) is 6.79. The van der Waals surface area contributed by atoms with Crippen LogP contribution < -0.4 is 0 Å². The number of aliphatic hydroxyl groups excluding tert-OH is 1. The summed E-state index contributed by atoms with van der Waals surface area (Å²) in [4.78, 5) is 20.1. The normalized spacial score (nSPS) is 12.2. The van der Waals surface area contributed by atoms with E-state index in [4.69, 9.17) is 5.11 Å². The molecule has 0 aromatic carbocycles. The van der Waals surface area contributed by atoms with Crippen LogP contribution in [0.3, 0.4) is 0 Å². The molecule has 0 fully saturated rings. The van der Waals surface area contributed by atoms with Gasteiger partial charge in [-0.05, 0) is 12.8 Å². The molecule has 0 aromatic heterocycles. The maximum absolute atomic E-state index is 10.3. The smallest absolute Gasteiger partial charge is 0.302 e. The van der Waals surface area contributed by atoms with Crippen LogP contribution in [0, 0.1) is 0 Å². The van der Waals surface area contributed by atoms with Crippen LogP contribution in [0.15, 0.2) is 0 Å². The average Bonchev–Trinajstić information content (AvgIpc) is 1.98. The van der Waals surface area contributed by atoms with Gasteiger partial charge in [-0.1, -0.05) is 0 Å². The lowest BCUT2D eigenvalue weighted by Gasteiger charge is -2.05. The number of carbonyl (C=O) groups is 1. The van der Waals surface area contributed by atoms with E-state index in [0.717, 1.165) is 0 Å². The summed E-state index contributed by atoms with van der Waals surface area (Å²) in [5.74, 6) is -0.327. The Bertz CT molecular complexity index is 144. The van der Waals surface area contributed by atoms with Gasteiger partial charge in [0.05, 0.1) is 12.7 Å². The summed E-state index contributed by atoms with van der Waals surface area (Å²) >= 11 is 0. The van der Waals surface area contributed by atoms with Gasteiger partial charge in [-0.25, -0.2) is 0 Å². The van der Waals surface area contributed by atoms with E-state index in [0.29, 0.717) is 19.4 Å². The molecule has 0 aromatic rings. The largest absolute Gasteiger partial charge is 0.466 e. The van der Waals surface area contributed by atoms with Gasteiger partial charge in [0.25, 0.3) is 0 Å². The molecule has 1 N–H and O–H groups in total. The van der Waals surface area contributed by atoms with Gasteiger partial charge in [-0.2, -0.15) is 0 Å². The first kappa shape index (κ1) is 11.1. The fourth-order valence-corrected chi connectivity index (χ4v) is 0.733. The Morgan fingerprint density at radius 1 is 1.67 bits per heavy atom. The first-order valence-electron chi connectivity index (χ1n) is 3.83. The number of ether oxygens (including phenoxy) is 1. The molecule has 0 saturated carbocycles. The molecular weight excluding hydrogens is 160 g/mol. The number of aliphatic hydroxyl groups is 1. The Kier molecular flexibility index (Phi) is 6.28. The highest BCUT2D eigenvalue weighted by molar-refractivity contribution is 5.65. The highest BCUT2D eigenvalue weighted by atomic mass is 16.5. The van der Waals surface area contributed by atoms with Crippen molar-refractivity contribution in [3.05, 3.63) is 0 Å². The Morgan fingerprint density at radius 3 is 2.83 bits per heavy atom. The van der Waals surface area contributed by atoms with Crippen molar-refractivity contribution in [2.45, 2.75) is 32.3 Å². The second-order valence-corrected chi connectivity index (χ2v) is 2.48. The molecule has 0 aliphatic rings. The van der Waals surface area contributed by atoms with Gasteiger partial charge in [0.2, 0.25) is 6.29 Å². The maximum atomic E-state index is 10.3. The molecule has 0 heterocycles. The zero-order chi connectivity index (χ0) is 9.40.